The standard InChI is InChI=1S/C14H19ClN2O3/c1-9(2)4-3-7-16-14(20)17-12-8-10(15)5-6-11(12)13(18)19/h5-6,8-9H,3-4,7H2,1-2H3,(H,18,19)(H2,16,17,20). The Bertz CT molecular complexity index is 489. The first-order valence-corrected chi connectivity index (χ1v) is 6.85. The van der Waals surface area contributed by atoms with Crippen molar-refractivity contribution in [2.45, 2.75) is 26.7 Å². The Hall–Kier alpha value is -1.75. The Morgan fingerprint density at radius 1 is 1.35 bits per heavy atom. The van der Waals surface area contributed by atoms with Crippen molar-refractivity contribution in [3.63, 3.8) is 0 Å². The number of urea groups is 1. The molecule has 0 fully saturated rings. The van der Waals surface area contributed by atoms with Gasteiger partial charge in [0.25, 0.3) is 0 Å². The van der Waals surface area contributed by atoms with E-state index in [0.29, 0.717) is 17.5 Å². The molecule has 0 aliphatic heterocycles. The van der Waals surface area contributed by atoms with Gasteiger partial charge in [0.15, 0.2) is 0 Å². The van der Waals surface area contributed by atoms with Gasteiger partial charge in [0.05, 0.1) is 11.3 Å². The van der Waals surface area contributed by atoms with Crippen LogP contribution in [0.3, 0.4) is 0 Å². The van der Waals surface area contributed by atoms with Crippen LogP contribution in [0.2, 0.25) is 5.02 Å². The number of anilines is 1. The van der Waals surface area contributed by atoms with Crippen molar-refractivity contribution < 1.29 is 14.7 Å². The van der Waals surface area contributed by atoms with E-state index >= 15 is 0 Å². The predicted molar refractivity (Wildman–Crippen MR) is 79.5 cm³/mol. The van der Waals surface area contributed by atoms with Gasteiger partial charge in [-0.3, -0.25) is 0 Å². The Morgan fingerprint density at radius 3 is 2.65 bits per heavy atom. The SMILES string of the molecule is CC(C)CCCNC(=O)Nc1cc(Cl)ccc1C(=O)O. The molecule has 0 radical (unpaired) electrons. The summed E-state index contributed by atoms with van der Waals surface area (Å²) in [6, 6.07) is 3.81. The van der Waals surface area contributed by atoms with Gasteiger partial charge >= 0.3 is 12.0 Å². The monoisotopic (exact) mass is 298 g/mol. The molecule has 0 aliphatic rings. The number of rotatable bonds is 6. The van der Waals surface area contributed by atoms with Crippen molar-refractivity contribution in [2.75, 3.05) is 11.9 Å². The number of carbonyl (C=O) groups excluding carboxylic acids is 1. The normalized spacial score (nSPS) is 10.4. The molecule has 3 N–H and O–H groups in total. The summed E-state index contributed by atoms with van der Waals surface area (Å²) >= 11 is 5.80. The third-order valence-corrected chi connectivity index (χ3v) is 2.94. The number of halogens is 1. The maximum atomic E-state index is 11.7. The van der Waals surface area contributed by atoms with Crippen LogP contribution in [0.25, 0.3) is 0 Å². The molecular weight excluding hydrogens is 280 g/mol. The molecule has 0 saturated carbocycles. The topological polar surface area (TPSA) is 78.4 Å². The fourth-order valence-electron chi connectivity index (χ4n) is 1.69. The molecule has 1 aromatic carbocycles. The first kappa shape index (κ1) is 16.3. The molecule has 0 atom stereocenters. The molecule has 5 nitrogen and oxygen atoms in total. The zero-order chi connectivity index (χ0) is 15.1. The number of hydrogen-bond donors (Lipinski definition) is 3. The second-order valence-electron chi connectivity index (χ2n) is 4.91. The van der Waals surface area contributed by atoms with Gasteiger partial charge < -0.3 is 15.7 Å². The number of carboxylic acid groups (broad SMARTS) is 1. The minimum atomic E-state index is -1.11. The van der Waals surface area contributed by atoms with Crippen LogP contribution in [-0.2, 0) is 0 Å². The van der Waals surface area contributed by atoms with Crippen molar-refractivity contribution in [1.29, 1.82) is 0 Å². The van der Waals surface area contributed by atoms with E-state index in [-0.39, 0.29) is 11.3 Å². The lowest BCUT2D eigenvalue weighted by Gasteiger charge is -2.11. The molecule has 1 aromatic rings. The number of hydrogen-bond acceptors (Lipinski definition) is 2. The van der Waals surface area contributed by atoms with Gasteiger partial charge in [-0.1, -0.05) is 25.4 Å². The molecule has 0 aromatic heterocycles. The second-order valence-corrected chi connectivity index (χ2v) is 5.35. The van der Waals surface area contributed by atoms with Crippen molar-refractivity contribution in [3.05, 3.63) is 28.8 Å². The Balaban J connectivity index is 2.57. The summed E-state index contributed by atoms with van der Waals surface area (Å²) < 4.78 is 0. The van der Waals surface area contributed by atoms with Gasteiger partial charge in [-0.25, -0.2) is 9.59 Å². The van der Waals surface area contributed by atoms with Crippen LogP contribution < -0.4 is 10.6 Å². The second kappa shape index (κ2) is 7.75. The molecular formula is C14H19ClN2O3. The summed E-state index contributed by atoms with van der Waals surface area (Å²) in [4.78, 5) is 22.7. The van der Waals surface area contributed by atoms with E-state index in [1.54, 1.807) is 0 Å². The molecule has 0 bridgehead atoms. The number of carboxylic acids is 1. The predicted octanol–water partition coefficient (Wildman–Crippen LogP) is 3.60. The Labute approximate surface area is 123 Å². The number of benzene rings is 1. The highest BCUT2D eigenvalue weighted by Crippen LogP contribution is 2.21. The Morgan fingerprint density at radius 2 is 2.05 bits per heavy atom. The average Bonchev–Trinajstić information content (AvgIpc) is 2.34. The zero-order valence-corrected chi connectivity index (χ0v) is 12.3. The molecule has 1 rings (SSSR count). The summed E-state index contributed by atoms with van der Waals surface area (Å²) in [5, 5.41) is 14.6. The summed E-state index contributed by atoms with van der Waals surface area (Å²) in [5.41, 5.74) is 0.193. The molecule has 0 spiro atoms. The fraction of sp³-hybridized carbons (Fsp3) is 0.429. The lowest BCUT2D eigenvalue weighted by Crippen LogP contribution is -2.30. The molecule has 20 heavy (non-hydrogen) atoms. The fourth-order valence-corrected chi connectivity index (χ4v) is 1.86. The van der Waals surface area contributed by atoms with E-state index in [1.807, 2.05) is 0 Å². The van der Waals surface area contributed by atoms with Crippen molar-refractivity contribution in [2.24, 2.45) is 5.92 Å². The van der Waals surface area contributed by atoms with Crippen LogP contribution in [0.15, 0.2) is 18.2 Å². The third-order valence-electron chi connectivity index (χ3n) is 2.70. The summed E-state index contributed by atoms with van der Waals surface area (Å²) in [6.45, 7) is 4.78. The van der Waals surface area contributed by atoms with Gasteiger partial charge in [-0.05, 0) is 37.0 Å². The van der Waals surface area contributed by atoms with Crippen LogP contribution in [0.1, 0.15) is 37.0 Å². The maximum absolute atomic E-state index is 11.7. The molecule has 0 aliphatic carbocycles. The van der Waals surface area contributed by atoms with Crippen molar-refractivity contribution in [3.8, 4) is 0 Å². The van der Waals surface area contributed by atoms with Crippen LogP contribution in [0, 0.1) is 5.92 Å². The minimum absolute atomic E-state index is 0.00623. The van der Waals surface area contributed by atoms with Crippen LogP contribution in [-0.4, -0.2) is 23.7 Å². The Kier molecular flexibility index (Phi) is 6.31. The van der Waals surface area contributed by atoms with E-state index < -0.39 is 12.0 Å². The molecule has 2 amide bonds. The smallest absolute Gasteiger partial charge is 0.337 e. The van der Waals surface area contributed by atoms with Crippen LogP contribution >= 0.6 is 11.6 Å². The summed E-state index contributed by atoms with van der Waals surface area (Å²) in [5.74, 6) is -0.525. The van der Waals surface area contributed by atoms with Gasteiger partial charge in [-0.15, -0.1) is 0 Å². The molecule has 0 unspecified atom stereocenters. The summed E-state index contributed by atoms with van der Waals surface area (Å²) in [6.07, 6.45) is 1.91. The number of amides is 2. The molecule has 6 heteroatoms. The largest absolute Gasteiger partial charge is 0.478 e. The lowest BCUT2D eigenvalue weighted by molar-refractivity contribution is 0.0698. The van der Waals surface area contributed by atoms with E-state index in [1.165, 1.54) is 18.2 Å². The van der Waals surface area contributed by atoms with Crippen molar-refractivity contribution in [1.82, 2.24) is 5.32 Å². The first-order chi connectivity index (χ1) is 9.40. The van der Waals surface area contributed by atoms with Gasteiger partial charge in [-0.2, -0.15) is 0 Å². The van der Waals surface area contributed by atoms with Crippen LogP contribution in [0.5, 0.6) is 0 Å². The number of carbonyl (C=O) groups is 2. The van der Waals surface area contributed by atoms with E-state index in [0.717, 1.165) is 12.8 Å². The highest BCUT2D eigenvalue weighted by atomic mass is 35.5. The quantitative estimate of drug-likeness (QED) is 0.702. The maximum Gasteiger partial charge on any atom is 0.337 e. The number of nitrogens with one attached hydrogen (secondary N) is 2. The lowest BCUT2D eigenvalue weighted by atomic mass is 10.1. The number of aromatic carboxylic acids is 1. The molecule has 0 saturated heterocycles. The van der Waals surface area contributed by atoms with Crippen LogP contribution in [0.4, 0.5) is 10.5 Å². The van der Waals surface area contributed by atoms with E-state index in [9.17, 15) is 9.59 Å². The van der Waals surface area contributed by atoms with Gasteiger partial charge in [0.1, 0.15) is 0 Å². The average molecular weight is 299 g/mol. The summed E-state index contributed by atoms with van der Waals surface area (Å²) in [7, 11) is 0. The molecule has 0 heterocycles. The third kappa shape index (κ3) is 5.48. The van der Waals surface area contributed by atoms with E-state index in [2.05, 4.69) is 24.5 Å². The first-order valence-electron chi connectivity index (χ1n) is 6.48. The van der Waals surface area contributed by atoms with E-state index in [4.69, 9.17) is 16.7 Å². The van der Waals surface area contributed by atoms with Gasteiger partial charge in [0, 0.05) is 11.6 Å². The van der Waals surface area contributed by atoms with Crippen molar-refractivity contribution >= 4 is 29.3 Å². The highest BCUT2D eigenvalue weighted by molar-refractivity contribution is 6.31. The van der Waals surface area contributed by atoms with Gasteiger partial charge in [0.2, 0.25) is 0 Å². The highest BCUT2D eigenvalue weighted by Gasteiger charge is 2.12. The minimum Gasteiger partial charge on any atom is -0.478 e. The zero-order valence-electron chi connectivity index (χ0n) is 11.6. The molecule has 110 valence electrons.